The molecule has 0 spiro atoms. The molecule has 7 heteroatoms. The van der Waals surface area contributed by atoms with Gasteiger partial charge in [0, 0.05) is 13.1 Å². The van der Waals surface area contributed by atoms with Crippen molar-refractivity contribution in [1.82, 2.24) is 4.90 Å². The first-order valence-corrected chi connectivity index (χ1v) is 7.97. The number of hydrogen-bond acceptors (Lipinski definition) is 3. The van der Waals surface area contributed by atoms with Crippen molar-refractivity contribution < 1.29 is 23.0 Å². The van der Waals surface area contributed by atoms with E-state index in [4.69, 9.17) is 4.74 Å². The molecular formula is C17H17BrF3NO2. The third kappa shape index (κ3) is 5.72. The second-order valence-corrected chi connectivity index (χ2v) is 6.27. The lowest BCUT2D eigenvalue weighted by Gasteiger charge is -2.19. The Morgan fingerprint density at radius 2 is 1.83 bits per heavy atom. The Balaban J connectivity index is 2.03. The van der Waals surface area contributed by atoms with Crippen LogP contribution in [0.25, 0.3) is 0 Å². The number of phenols is 1. The predicted octanol–water partition coefficient (Wildman–Crippen LogP) is 4.73. The Bertz CT molecular complexity index is 692. The first-order chi connectivity index (χ1) is 11.2. The van der Waals surface area contributed by atoms with Crippen molar-refractivity contribution >= 4 is 15.9 Å². The summed E-state index contributed by atoms with van der Waals surface area (Å²) in [6, 6.07) is 11.9. The van der Waals surface area contributed by atoms with Crippen molar-refractivity contribution in [3.63, 3.8) is 0 Å². The SMILES string of the molecule is CN(Cc1cccc(O)c1)Cc1cccc(OCC(F)(F)F)c1Br. The van der Waals surface area contributed by atoms with Crippen LogP contribution in [-0.4, -0.2) is 29.8 Å². The van der Waals surface area contributed by atoms with Gasteiger partial charge in [-0.05, 0) is 52.3 Å². The van der Waals surface area contributed by atoms with Crippen LogP contribution in [0.4, 0.5) is 13.2 Å². The highest BCUT2D eigenvalue weighted by molar-refractivity contribution is 9.10. The number of nitrogens with zero attached hydrogens (tertiary/aromatic N) is 1. The zero-order valence-corrected chi connectivity index (χ0v) is 14.6. The summed E-state index contributed by atoms with van der Waals surface area (Å²) in [7, 11) is 1.89. The van der Waals surface area contributed by atoms with Crippen LogP contribution in [0.5, 0.6) is 11.5 Å². The second-order valence-electron chi connectivity index (χ2n) is 5.48. The van der Waals surface area contributed by atoms with Gasteiger partial charge < -0.3 is 9.84 Å². The van der Waals surface area contributed by atoms with Gasteiger partial charge in [0.15, 0.2) is 6.61 Å². The van der Waals surface area contributed by atoms with Gasteiger partial charge >= 0.3 is 6.18 Å². The van der Waals surface area contributed by atoms with Crippen LogP contribution in [0, 0.1) is 0 Å². The van der Waals surface area contributed by atoms with Crippen LogP contribution in [0.2, 0.25) is 0 Å². The molecule has 0 amide bonds. The van der Waals surface area contributed by atoms with Crippen LogP contribution >= 0.6 is 15.9 Å². The highest BCUT2D eigenvalue weighted by Crippen LogP contribution is 2.31. The van der Waals surface area contributed by atoms with Gasteiger partial charge in [0.05, 0.1) is 4.47 Å². The summed E-state index contributed by atoms with van der Waals surface area (Å²) >= 11 is 3.32. The van der Waals surface area contributed by atoms with Crippen molar-refractivity contribution in [1.29, 1.82) is 0 Å². The summed E-state index contributed by atoms with van der Waals surface area (Å²) in [4.78, 5) is 1.99. The molecule has 2 rings (SSSR count). The Morgan fingerprint density at radius 3 is 2.50 bits per heavy atom. The zero-order valence-electron chi connectivity index (χ0n) is 13.0. The lowest BCUT2D eigenvalue weighted by Crippen LogP contribution is -2.20. The van der Waals surface area contributed by atoms with E-state index in [0.29, 0.717) is 17.6 Å². The number of rotatable bonds is 6. The molecule has 130 valence electrons. The lowest BCUT2D eigenvalue weighted by molar-refractivity contribution is -0.153. The van der Waals surface area contributed by atoms with Crippen molar-refractivity contribution in [2.75, 3.05) is 13.7 Å². The molecule has 0 atom stereocenters. The third-order valence-electron chi connectivity index (χ3n) is 3.24. The number of benzene rings is 2. The maximum absolute atomic E-state index is 12.3. The van der Waals surface area contributed by atoms with E-state index in [-0.39, 0.29) is 11.5 Å². The minimum Gasteiger partial charge on any atom is -0.508 e. The van der Waals surface area contributed by atoms with Crippen molar-refractivity contribution in [3.05, 3.63) is 58.1 Å². The normalized spacial score (nSPS) is 11.8. The standard InChI is InChI=1S/C17H17BrF3NO2/c1-22(9-12-4-2-6-14(23)8-12)10-13-5-3-7-15(16(13)18)24-11-17(19,20)21/h2-8,23H,9-11H2,1H3. The summed E-state index contributed by atoms with van der Waals surface area (Å²) in [5.74, 6) is 0.361. The molecule has 0 aliphatic carbocycles. The summed E-state index contributed by atoms with van der Waals surface area (Å²) in [6.45, 7) is -0.220. The Morgan fingerprint density at radius 1 is 1.12 bits per heavy atom. The minimum absolute atomic E-state index is 0.163. The molecule has 0 saturated heterocycles. The Kier molecular flexibility index (Phi) is 6.12. The van der Waals surface area contributed by atoms with Crippen molar-refractivity contribution in [2.24, 2.45) is 0 Å². The monoisotopic (exact) mass is 403 g/mol. The molecule has 0 radical (unpaired) electrons. The topological polar surface area (TPSA) is 32.7 Å². The van der Waals surface area contributed by atoms with Crippen LogP contribution in [0.3, 0.4) is 0 Å². The highest BCUT2D eigenvalue weighted by atomic mass is 79.9. The molecule has 0 heterocycles. The highest BCUT2D eigenvalue weighted by Gasteiger charge is 2.28. The first-order valence-electron chi connectivity index (χ1n) is 7.18. The van der Waals surface area contributed by atoms with E-state index in [9.17, 15) is 18.3 Å². The number of alkyl halides is 3. The van der Waals surface area contributed by atoms with E-state index >= 15 is 0 Å². The average Bonchev–Trinajstić information content (AvgIpc) is 2.47. The van der Waals surface area contributed by atoms with Crippen molar-refractivity contribution in [3.8, 4) is 11.5 Å². The summed E-state index contributed by atoms with van der Waals surface area (Å²) < 4.78 is 42.2. The molecule has 0 unspecified atom stereocenters. The Hall–Kier alpha value is -1.73. The molecule has 0 bridgehead atoms. The summed E-state index contributed by atoms with van der Waals surface area (Å²) in [5.41, 5.74) is 1.76. The van der Waals surface area contributed by atoms with E-state index in [1.54, 1.807) is 24.3 Å². The van der Waals surface area contributed by atoms with Crippen molar-refractivity contribution in [2.45, 2.75) is 19.3 Å². The molecule has 0 saturated carbocycles. The summed E-state index contributed by atoms with van der Waals surface area (Å²) in [6.07, 6.45) is -4.37. The number of phenolic OH excluding ortho intramolecular Hbond substituents is 1. The van der Waals surface area contributed by atoms with Gasteiger partial charge in [-0.15, -0.1) is 0 Å². The smallest absolute Gasteiger partial charge is 0.422 e. The molecule has 3 nitrogen and oxygen atoms in total. The number of ether oxygens (including phenoxy) is 1. The molecule has 0 fully saturated rings. The van der Waals surface area contributed by atoms with Gasteiger partial charge in [-0.3, -0.25) is 4.90 Å². The Labute approximate surface area is 146 Å². The molecule has 0 aliphatic rings. The lowest BCUT2D eigenvalue weighted by atomic mass is 10.1. The molecule has 24 heavy (non-hydrogen) atoms. The molecule has 2 aromatic rings. The van der Waals surface area contributed by atoms with Gasteiger partial charge in [-0.2, -0.15) is 13.2 Å². The maximum Gasteiger partial charge on any atom is 0.422 e. The first kappa shape index (κ1) is 18.6. The fraction of sp³-hybridized carbons (Fsp3) is 0.294. The van der Waals surface area contributed by atoms with Gasteiger partial charge in [-0.25, -0.2) is 0 Å². The number of aromatic hydroxyl groups is 1. The zero-order chi connectivity index (χ0) is 17.7. The van der Waals surface area contributed by atoms with Crippen LogP contribution in [0.1, 0.15) is 11.1 Å². The quantitative estimate of drug-likeness (QED) is 0.756. The van der Waals surface area contributed by atoms with Gasteiger partial charge in [0.25, 0.3) is 0 Å². The molecule has 0 aliphatic heterocycles. The van der Waals surface area contributed by atoms with E-state index in [0.717, 1.165) is 11.1 Å². The van der Waals surface area contributed by atoms with E-state index in [2.05, 4.69) is 15.9 Å². The predicted molar refractivity (Wildman–Crippen MR) is 89.0 cm³/mol. The van der Waals surface area contributed by atoms with E-state index in [1.165, 1.54) is 6.07 Å². The van der Waals surface area contributed by atoms with Gasteiger partial charge in [-0.1, -0.05) is 24.3 Å². The average molecular weight is 404 g/mol. The number of hydrogen-bond donors (Lipinski definition) is 1. The molecular weight excluding hydrogens is 387 g/mol. The van der Waals surface area contributed by atoms with E-state index < -0.39 is 12.8 Å². The van der Waals surface area contributed by atoms with Crippen LogP contribution < -0.4 is 4.74 Å². The molecule has 2 aromatic carbocycles. The minimum atomic E-state index is -4.37. The third-order valence-corrected chi connectivity index (χ3v) is 4.14. The fourth-order valence-corrected chi connectivity index (χ4v) is 2.77. The largest absolute Gasteiger partial charge is 0.508 e. The van der Waals surface area contributed by atoms with Crippen LogP contribution in [0.15, 0.2) is 46.9 Å². The fourth-order valence-electron chi connectivity index (χ4n) is 2.26. The van der Waals surface area contributed by atoms with Crippen LogP contribution in [-0.2, 0) is 13.1 Å². The molecule has 0 aromatic heterocycles. The maximum atomic E-state index is 12.3. The van der Waals surface area contributed by atoms with E-state index in [1.807, 2.05) is 24.1 Å². The second kappa shape index (κ2) is 7.90. The number of halogens is 4. The summed E-state index contributed by atoms with van der Waals surface area (Å²) in [5, 5.41) is 9.49. The molecule has 1 N–H and O–H groups in total. The van der Waals surface area contributed by atoms with Gasteiger partial charge in [0.2, 0.25) is 0 Å². The van der Waals surface area contributed by atoms with Gasteiger partial charge in [0.1, 0.15) is 11.5 Å².